The second kappa shape index (κ2) is 9.33. The van der Waals surface area contributed by atoms with Crippen LogP contribution < -0.4 is 9.64 Å². The first-order chi connectivity index (χ1) is 13.8. The van der Waals surface area contributed by atoms with Gasteiger partial charge >= 0.3 is 0 Å². The molecule has 0 bridgehead atoms. The monoisotopic (exact) mass is 415 g/mol. The summed E-state index contributed by atoms with van der Waals surface area (Å²) in [5.41, 5.74) is 1.90. The van der Waals surface area contributed by atoms with Crippen molar-refractivity contribution in [3.63, 3.8) is 0 Å². The third-order valence-corrected chi connectivity index (χ3v) is 5.59. The van der Waals surface area contributed by atoms with Crippen molar-refractivity contribution in [2.45, 2.75) is 19.8 Å². The molecule has 2 aromatic carbocycles. The number of anilines is 1. The second-order valence-corrected chi connectivity index (χ2v) is 8.48. The number of halogens is 1. The highest BCUT2D eigenvalue weighted by molar-refractivity contribution is 7.22. The summed E-state index contributed by atoms with van der Waals surface area (Å²) in [5, 5.41) is 0.552. The van der Waals surface area contributed by atoms with Gasteiger partial charge in [-0.3, -0.25) is 9.69 Å². The van der Waals surface area contributed by atoms with E-state index in [1.165, 1.54) is 29.0 Å². The highest BCUT2D eigenvalue weighted by atomic mass is 32.1. The van der Waals surface area contributed by atoms with Gasteiger partial charge in [-0.25, -0.2) is 9.37 Å². The van der Waals surface area contributed by atoms with Crippen LogP contribution in [0.2, 0.25) is 0 Å². The van der Waals surface area contributed by atoms with Crippen LogP contribution in [0.4, 0.5) is 9.52 Å². The Morgan fingerprint density at radius 1 is 1.14 bits per heavy atom. The van der Waals surface area contributed by atoms with Gasteiger partial charge in [0.25, 0.3) is 5.91 Å². The zero-order chi connectivity index (χ0) is 21.0. The van der Waals surface area contributed by atoms with Gasteiger partial charge in [0, 0.05) is 13.1 Å². The summed E-state index contributed by atoms with van der Waals surface area (Å²) < 4.78 is 20.0. The summed E-state index contributed by atoms with van der Waals surface area (Å²) >= 11 is 1.31. The average molecular weight is 416 g/mol. The zero-order valence-corrected chi connectivity index (χ0v) is 18.0. The molecule has 1 heterocycles. The standard InChI is InChI=1S/C22H26FN3O2S/c1-15(2)16-5-8-18(9-6-16)28-14-21(27)26(12-11-25(3)4)22-24-19-10-7-17(23)13-20(19)29-22/h5-10,13,15H,11-12,14H2,1-4H3. The average Bonchev–Trinajstić information content (AvgIpc) is 3.09. The Balaban J connectivity index is 1.75. The molecule has 0 aliphatic heterocycles. The number of aromatic nitrogens is 1. The Hall–Kier alpha value is -2.51. The van der Waals surface area contributed by atoms with E-state index in [9.17, 15) is 9.18 Å². The number of fused-ring (bicyclic) bond motifs is 1. The van der Waals surface area contributed by atoms with Crippen LogP contribution in [0.15, 0.2) is 42.5 Å². The van der Waals surface area contributed by atoms with E-state index in [0.717, 1.165) is 0 Å². The Bertz CT molecular complexity index is 970. The molecule has 29 heavy (non-hydrogen) atoms. The number of rotatable bonds is 8. The van der Waals surface area contributed by atoms with Gasteiger partial charge in [0.1, 0.15) is 11.6 Å². The molecule has 3 aromatic rings. The lowest BCUT2D eigenvalue weighted by atomic mass is 10.0. The van der Waals surface area contributed by atoms with Gasteiger partial charge in [-0.15, -0.1) is 0 Å². The maximum Gasteiger partial charge on any atom is 0.266 e. The topological polar surface area (TPSA) is 45.7 Å². The number of amides is 1. The highest BCUT2D eigenvalue weighted by Crippen LogP contribution is 2.29. The molecule has 3 rings (SSSR count). The van der Waals surface area contributed by atoms with Crippen molar-refractivity contribution in [1.29, 1.82) is 0 Å². The second-order valence-electron chi connectivity index (χ2n) is 7.47. The van der Waals surface area contributed by atoms with E-state index in [1.54, 1.807) is 11.0 Å². The Morgan fingerprint density at radius 2 is 1.86 bits per heavy atom. The highest BCUT2D eigenvalue weighted by Gasteiger charge is 2.20. The van der Waals surface area contributed by atoms with E-state index in [2.05, 4.69) is 18.8 Å². The molecule has 5 nitrogen and oxygen atoms in total. The molecule has 0 aliphatic rings. The van der Waals surface area contributed by atoms with Crippen molar-refractivity contribution in [1.82, 2.24) is 9.88 Å². The van der Waals surface area contributed by atoms with Crippen LogP contribution in [0.1, 0.15) is 25.3 Å². The van der Waals surface area contributed by atoms with Crippen LogP contribution in [-0.2, 0) is 4.79 Å². The SMILES string of the molecule is CC(C)c1ccc(OCC(=O)N(CCN(C)C)c2nc3ccc(F)cc3s2)cc1. The molecule has 0 aliphatic carbocycles. The number of benzene rings is 2. The summed E-state index contributed by atoms with van der Waals surface area (Å²) in [6, 6.07) is 12.2. The van der Waals surface area contributed by atoms with Crippen LogP contribution >= 0.6 is 11.3 Å². The van der Waals surface area contributed by atoms with E-state index < -0.39 is 0 Å². The lowest BCUT2D eigenvalue weighted by Gasteiger charge is -2.22. The lowest BCUT2D eigenvalue weighted by Crippen LogP contribution is -2.39. The van der Waals surface area contributed by atoms with Crippen molar-refractivity contribution in [2.24, 2.45) is 0 Å². The number of thiazole rings is 1. The van der Waals surface area contributed by atoms with E-state index in [4.69, 9.17) is 4.74 Å². The number of likely N-dealkylation sites (N-methyl/N-ethyl adjacent to an activating group) is 1. The number of hydrogen-bond donors (Lipinski definition) is 0. The fourth-order valence-corrected chi connectivity index (χ4v) is 3.83. The lowest BCUT2D eigenvalue weighted by molar-refractivity contribution is -0.120. The first-order valence-corrected chi connectivity index (χ1v) is 10.4. The van der Waals surface area contributed by atoms with Crippen LogP contribution in [0, 0.1) is 5.82 Å². The minimum Gasteiger partial charge on any atom is -0.484 e. The Kier molecular flexibility index (Phi) is 6.82. The van der Waals surface area contributed by atoms with E-state index in [-0.39, 0.29) is 18.3 Å². The predicted octanol–water partition coefficient (Wildman–Crippen LogP) is 4.53. The van der Waals surface area contributed by atoms with Crippen molar-refractivity contribution < 1.29 is 13.9 Å². The molecule has 1 aromatic heterocycles. The van der Waals surface area contributed by atoms with Crippen LogP contribution in [0.25, 0.3) is 10.2 Å². The molecule has 0 fully saturated rings. The van der Waals surface area contributed by atoms with Crippen LogP contribution in [-0.4, -0.2) is 49.6 Å². The van der Waals surface area contributed by atoms with Gasteiger partial charge in [0.05, 0.1) is 10.2 Å². The smallest absolute Gasteiger partial charge is 0.266 e. The van der Waals surface area contributed by atoms with Gasteiger partial charge in [-0.1, -0.05) is 37.3 Å². The van der Waals surface area contributed by atoms with Gasteiger partial charge in [-0.2, -0.15) is 0 Å². The third kappa shape index (κ3) is 5.52. The van der Waals surface area contributed by atoms with Gasteiger partial charge in [0.15, 0.2) is 11.7 Å². The molecule has 0 radical (unpaired) electrons. The first kappa shape index (κ1) is 21.2. The molecule has 0 N–H and O–H groups in total. The third-order valence-electron chi connectivity index (χ3n) is 4.55. The fourth-order valence-electron chi connectivity index (χ4n) is 2.80. The largest absolute Gasteiger partial charge is 0.484 e. The Labute approximate surface area is 174 Å². The fraction of sp³-hybridized carbons (Fsp3) is 0.364. The first-order valence-electron chi connectivity index (χ1n) is 9.57. The van der Waals surface area contributed by atoms with E-state index in [1.807, 2.05) is 43.3 Å². The molecular formula is C22H26FN3O2S. The number of ether oxygens (including phenoxy) is 1. The summed E-state index contributed by atoms with van der Waals surface area (Å²) in [4.78, 5) is 21.1. The minimum absolute atomic E-state index is 0.0846. The quantitative estimate of drug-likeness (QED) is 0.542. The molecule has 1 amide bonds. The van der Waals surface area contributed by atoms with Crippen molar-refractivity contribution >= 4 is 32.6 Å². The maximum atomic E-state index is 13.5. The van der Waals surface area contributed by atoms with Gasteiger partial charge in [0.2, 0.25) is 0 Å². The Morgan fingerprint density at radius 3 is 2.52 bits per heavy atom. The molecule has 0 atom stereocenters. The van der Waals surface area contributed by atoms with Crippen LogP contribution in [0.5, 0.6) is 5.75 Å². The summed E-state index contributed by atoms with van der Waals surface area (Å²) in [6.45, 7) is 5.33. The minimum atomic E-state index is -0.313. The molecule has 0 saturated carbocycles. The van der Waals surface area contributed by atoms with Crippen LogP contribution in [0.3, 0.4) is 0 Å². The maximum absolute atomic E-state index is 13.5. The molecular weight excluding hydrogens is 389 g/mol. The summed E-state index contributed by atoms with van der Waals surface area (Å²) in [7, 11) is 3.90. The molecule has 0 saturated heterocycles. The van der Waals surface area contributed by atoms with Gasteiger partial charge in [-0.05, 0) is 55.9 Å². The predicted molar refractivity (Wildman–Crippen MR) is 117 cm³/mol. The van der Waals surface area contributed by atoms with Crippen molar-refractivity contribution in [3.8, 4) is 5.75 Å². The normalized spacial score (nSPS) is 11.4. The van der Waals surface area contributed by atoms with Crippen molar-refractivity contribution in [3.05, 3.63) is 53.8 Å². The van der Waals surface area contributed by atoms with E-state index in [0.29, 0.717) is 40.1 Å². The molecule has 7 heteroatoms. The number of carbonyl (C=O) groups is 1. The molecule has 0 unspecified atom stereocenters. The summed E-state index contributed by atoms with van der Waals surface area (Å²) in [5.74, 6) is 0.601. The summed E-state index contributed by atoms with van der Waals surface area (Å²) in [6.07, 6.45) is 0. The number of carbonyl (C=O) groups excluding carboxylic acids is 1. The number of nitrogens with zero attached hydrogens (tertiary/aromatic N) is 3. The van der Waals surface area contributed by atoms with E-state index >= 15 is 0 Å². The number of hydrogen-bond acceptors (Lipinski definition) is 5. The zero-order valence-electron chi connectivity index (χ0n) is 17.2. The van der Waals surface area contributed by atoms with Crippen molar-refractivity contribution in [2.75, 3.05) is 38.7 Å². The molecule has 0 spiro atoms. The molecule has 154 valence electrons. The van der Waals surface area contributed by atoms with Gasteiger partial charge < -0.3 is 9.64 Å².